The summed E-state index contributed by atoms with van der Waals surface area (Å²) in [6.07, 6.45) is 3.29. The minimum absolute atomic E-state index is 0.0976. The highest BCUT2D eigenvalue weighted by atomic mass is 19.1. The monoisotopic (exact) mass is 209 g/mol. The van der Waals surface area contributed by atoms with Crippen LogP contribution in [0.25, 0.3) is 0 Å². The van der Waals surface area contributed by atoms with Crippen LogP contribution in [0.3, 0.4) is 0 Å². The minimum atomic E-state index is -0.0976. The summed E-state index contributed by atoms with van der Waals surface area (Å²) in [6, 6.07) is 7.21. The zero-order valence-electron chi connectivity index (χ0n) is 9.59. The molecule has 1 aromatic carbocycles. The van der Waals surface area contributed by atoms with Gasteiger partial charge in [0.1, 0.15) is 5.82 Å². The van der Waals surface area contributed by atoms with E-state index in [-0.39, 0.29) is 11.9 Å². The van der Waals surface area contributed by atoms with Gasteiger partial charge in [0.05, 0.1) is 0 Å². The van der Waals surface area contributed by atoms with E-state index in [2.05, 4.69) is 19.2 Å². The van der Waals surface area contributed by atoms with Gasteiger partial charge in [-0.25, -0.2) is 4.39 Å². The molecule has 0 amide bonds. The van der Waals surface area contributed by atoms with Gasteiger partial charge in [0.2, 0.25) is 0 Å². The van der Waals surface area contributed by atoms with Crippen LogP contribution in [0, 0.1) is 5.82 Å². The molecule has 1 N–H and O–H groups in total. The number of unbranched alkanes of at least 4 members (excludes halogenated alkanes) is 1. The maximum atomic E-state index is 13.6. The number of rotatable bonds is 6. The third kappa shape index (κ3) is 3.63. The van der Waals surface area contributed by atoms with Crippen LogP contribution in [0.5, 0.6) is 0 Å². The zero-order valence-corrected chi connectivity index (χ0v) is 9.59. The Hall–Kier alpha value is -0.890. The number of hydrogen-bond acceptors (Lipinski definition) is 1. The SMILES string of the molecule is CCCCC(NCC)c1ccccc1F. The van der Waals surface area contributed by atoms with Crippen molar-refractivity contribution in [3.05, 3.63) is 35.6 Å². The minimum Gasteiger partial charge on any atom is -0.310 e. The standard InChI is InChI=1S/C13H20FN/c1-3-5-10-13(15-4-2)11-8-6-7-9-12(11)14/h6-9,13,15H,3-5,10H2,1-2H3. The molecule has 15 heavy (non-hydrogen) atoms. The van der Waals surface area contributed by atoms with Crippen LogP contribution in [-0.2, 0) is 0 Å². The summed E-state index contributed by atoms with van der Waals surface area (Å²) in [5.41, 5.74) is 0.799. The summed E-state index contributed by atoms with van der Waals surface area (Å²) < 4.78 is 13.6. The molecule has 0 saturated carbocycles. The Labute approximate surface area is 91.7 Å². The van der Waals surface area contributed by atoms with E-state index < -0.39 is 0 Å². The first-order valence-corrected chi connectivity index (χ1v) is 5.77. The van der Waals surface area contributed by atoms with E-state index in [4.69, 9.17) is 0 Å². The van der Waals surface area contributed by atoms with Crippen LogP contribution in [0.15, 0.2) is 24.3 Å². The van der Waals surface area contributed by atoms with Gasteiger partial charge in [0.15, 0.2) is 0 Å². The molecule has 1 aromatic rings. The van der Waals surface area contributed by atoms with E-state index in [1.807, 2.05) is 12.1 Å². The summed E-state index contributed by atoms with van der Waals surface area (Å²) >= 11 is 0. The van der Waals surface area contributed by atoms with Crippen LogP contribution in [0.2, 0.25) is 0 Å². The van der Waals surface area contributed by atoms with Crippen molar-refractivity contribution in [3.63, 3.8) is 0 Å². The van der Waals surface area contributed by atoms with Crippen LogP contribution in [0.4, 0.5) is 4.39 Å². The molecule has 1 atom stereocenters. The highest BCUT2D eigenvalue weighted by Crippen LogP contribution is 2.21. The van der Waals surface area contributed by atoms with Gasteiger partial charge in [0, 0.05) is 11.6 Å². The fourth-order valence-corrected chi connectivity index (χ4v) is 1.78. The van der Waals surface area contributed by atoms with Crippen LogP contribution < -0.4 is 5.32 Å². The summed E-state index contributed by atoms with van der Waals surface area (Å²) in [5.74, 6) is -0.0976. The smallest absolute Gasteiger partial charge is 0.127 e. The molecular formula is C13H20FN. The van der Waals surface area contributed by atoms with Crippen molar-refractivity contribution in [2.24, 2.45) is 0 Å². The quantitative estimate of drug-likeness (QED) is 0.753. The average molecular weight is 209 g/mol. The average Bonchev–Trinajstić information content (AvgIpc) is 2.25. The van der Waals surface area contributed by atoms with Crippen molar-refractivity contribution in [1.82, 2.24) is 5.32 Å². The Bertz CT molecular complexity index is 286. The molecule has 1 nitrogen and oxygen atoms in total. The van der Waals surface area contributed by atoms with Gasteiger partial charge in [0.25, 0.3) is 0 Å². The molecule has 0 aromatic heterocycles. The fraction of sp³-hybridized carbons (Fsp3) is 0.538. The van der Waals surface area contributed by atoms with Crippen LogP contribution in [-0.4, -0.2) is 6.54 Å². The maximum Gasteiger partial charge on any atom is 0.127 e. The van der Waals surface area contributed by atoms with Gasteiger partial charge in [-0.1, -0.05) is 44.9 Å². The molecule has 0 aliphatic carbocycles. The van der Waals surface area contributed by atoms with E-state index in [1.165, 1.54) is 6.07 Å². The number of halogens is 1. The molecule has 0 heterocycles. The summed E-state index contributed by atoms with van der Waals surface area (Å²) in [6.45, 7) is 5.09. The Kier molecular flexibility index (Phi) is 5.33. The Morgan fingerprint density at radius 2 is 2.00 bits per heavy atom. The van der Waals surface area contributed by atoms with E-state index in [0.29, 0.717) is 0 Å². The Morgan fingerprint density at radius 3 is 2.60 bits per heavy atom. The van der Waals surface area contributed by atoms with Crippen molar-refractivity contribution in [2.75, 3.05) is 6.54 Å². The van der Waals surface area contributed by atoms with E-state index in [9.17, 15) is 4.39 Å². The van der Waals surface area contributed by atoms with Gasteiger partial charge in [-0.2, -0.15) is 0 Å². The molecule has 1 rings (SSSR count). The lowest BCUT2D eigenvalue weighted by molar-refractivity contribution is 0.470. The first kappa shape index (κ1) is 12.2. The van der Waals surface area contributed by atoms with E-state index in [0.717, 1.165) is 31.4 Å². The molecule has 2 heteroatoms. The van der Waals surface area contributed by atoms with Crippen molar-refractivity contribution in [2.45, 2.75) is 39.2 Å². The second-order valence-corrected chi connectivity index (χ2v) is 3.77. The largest absolute Gasteiger partial charge is 0.310 e. The lowest BCUT2D eigenvalue weighted by Gasteiger charge is -2.18. The fourth-order valence-electron chi connectivity index (χ4n) is 1.78. The van der Waals surface area contributed by atoms with Crippen LogP contribution in [0.1, 0.15) is 44.7 Å². The molecule has 0 spiro atoms. The Morgan fingerprint density at radius 1 is 1.27 bits per heavy atom. The molecule has 0 saturated heterocycles. The first-order chi connectivity index (χ1) is 7.29. The van der Waals surface area contributed by atoms with Gasteiger partial charge in [-0.3, -0.25) is 0 Å². The molecule has 0 aliphatic rings. The lowest BCUT2D eigenvalue weighted by atomic mass is 10.0. The zero-order chi connectivity index (χ0) is 11.1. The maximum absolute atomic E-state index is 13.6. The Balaban J connectivity index is 2.74. The van der Waals surface area contributed by atoms with Gasteiger partial charge >= 0.3 is 0 Å². The highest BCUT2D eigenvalue weighted by molar-refractivity contribution is 5.21. The molecule has 84 valence electrons. The van der Waals surface area contributed by atoms with Gasteiger partial charge in [-0.15, -0.1) is 0 Å². The highest BCUT2D eigenvalue weighted by Gasteiger charge is 2.12. The second kappa shape index (κ2) is 6.57. The molecule has 0 aliphatic heterocycles. The second-order valence-electron chi connectivity index (χ2n) is 3.77. The lowest BCUT2D eigenvalue weighted by Crippen LogP contribution is -2.21. The van der Waals surface area contributed by atoms with E-state index >= 15 is 0 Å². The molecular weight excluding hydrogens is 189 g/mol. The first-order valence-electron chi connectivity index (χ1n) is 5.77. The van der Waals surface area contributed by atoms with Crippen molar-refractivity contribution < 1.29 is 4.39 Å². The van der Waals surface area contributed by atoms with Gasteiger partial charge < -0.3 is 5.32 Å². The number of hydrogen-bond donors (Lipinski definition) is 1. The summed E-state index contributed by atoms with van der Waals surface area (Å²) in [7, 11) is 0. The normalized spacial score (nSPS) is 12.7. The van der Waals surface area contributed by atoms with Gasteiger partial charge in [-0.05, 0) is 19.0 Å². The van der Waals surface area contributed by atoms with Crippen molar-refractivity contribution >= 4 is 0 Å². The molecule has 1 unspecified atom stereocenters. The predicted molar refractivity (Wildman–Crippen MR) is 62.3 cm³/mol. The number of benzene rings is 1. The predicted octanol–water partition coefficient (Wildman–Crippen LogP) is 3.67. The van der Waals surface area contributed by atoms with Crippen molar-refractivity contribution in [3.8, 4) is 0 Å². The summed E-state index contributed by atoms with van der Waals surface area (Å²) in [4.78, 5) is 0. The molecule has 0 radical (unpaired) electrons. The third-order valence-corrected chi connectivity index (χ3v) is 2.58. The third-order valence-electron chi connectivity index (χ3n) is 2.58. The summed E-state index contributed by atoms with van der Waals surface area (Å²) in [5, 5.41) is 3.33. The molecule has 0 fully saturated rings. The molecule has 0 bridgehead atoms. The van der Waals surface area contributed by atoms with Crippen LogP contribution >= 0.6 is 0 Å². The number of nitrogens with one attached hydrogen (secondary N) is 1. The van der Waals surface area contributed by atoms with Crippen molar-refractivity contribution in [1.29, 1.82) is 0 Å². The van der Waals surface area contributed by atoms with E-state index in [1.54, 1.807) is 6.07 Å². The topological polar surface area (TPSA) is 12.0 Å².